The molecule has 0 aliphatic heterocycles. The van der Waals surface area contributed by atoms with Crippen LogP contribution in [-0.2, 0) is 0 Å². The molecule has 0 fully saturated rings. The van der Waals surface area contributed by atoms with Gasteiger partial charge in [-0.25, -0.2) is 4.79 Å². The van der Waals surface area contributed by atoms with Crippen molar-refractivity contribution in [3.05, 3.63) is 58.1 Å². The summed E-state index contributed by atoms with van der Waals surface area (Å²) in [5, 5.41) is 6.23. The van der Waals surface area contributed by atoms with Gasteiger partial charge in [-0.1, -0.05) is 35.4 Å². The van der Waals surface area contributed by atoms with Gasteiger partial charge in [0.15, 0.2) is 0 Å². The normalized spacial score (nSPS) is 10.2. The fraction of sp³-hybridized carbons (Fsp3) is 0.188. The Labute approximate surface area is 124 Å². The second-order valence-corrected chi connectivity index (χ2v) is 5.30. The number of anilines is 2. The number of rotatable bonds is 2. The van der Waals surface area contributed by atoms with Gasteiger partial charge in [0.2, 0.25) is 0 Å². The lowest BCUT2D eigenvalue weighted by atomic mass is 10.1. The maximum absolute atomic E-state index is 12.0. The summed E-state index contributed by atoms with van der Waals surface area (Å²) in [6, 6.07) is 10.9. The number of halogens is 1. The van der Waals surface area contributed by atoms with E-state index in [4.69, 9.17) is 11.6 Å². The van der Waals surface area contributed by atoms with Crippen molar-refractivity contribution in [2.75, 3.05) is 10.6 Å². The van der Waals surface area contributed by atoms with Gasteiger partial charge in [0.1, 0.15) is 0 Å². The molecule has 104 valence electrons. The molecular weight excluding hydrogens is 272 g/mol. The Bertz CT molecular complexity index is 630. The highest BCUT2D eigenvalue weighted by molar-refractivity contribution is 6.30. The molecule has 2 N–H and O–H groups in total. The van der Waals surface area contributed by atoms with Crippen LogP contribution in [0.4, 0.5) is 16.2 Å². The average molecular weight is 289 g/mol. The fourth-order valence-electron chi connectivity index (χ4n) is 2.22. The number of hydrogen-bond donors (Lipinski definition) is 2. The van der Waals surface area contributed by atoms with E-state index in [9.17, 15) is 4.79 Å². The molecular formula is C16H17ClN2O. The van der Waals surface area contributed by atoms with E-state index < -0.39 is 0 Å². The fourth-order valence-corrected chi connectivity index (χ4v) is 2.41. The van der Waals surface area contributed by atoms with Crippen molar-refractivity contribution in [1.29, 1.82) is 0 Å². The monoisotopic (exact) mass is 288 g/mol. The highest BCUT2D eigenvalue weighted by Crippen LogP contribution is 2.22. The maximum Gasteiger partial charge on any atom is 0.323 e. The first-order valence-electron chi connectivity index (χ1n) is 6.37. The van der Waals surface area contributed by atoms with Gasteiger partial charge in [-0.3, -0.25) is 0 Å². The van der Waals surface area contributed by atoms with E-state index in [0.717, 1.165) is 16.8 Å². The molecule has 0 saturated carbocycles. The van der Waals surface area contributed by atoms with E-state index in [1.807, 2.05) is 32.9 Å². The summed E-state index contributed by atoms with van der Waals surface area (Å²) in [4.78, 5) is 12.0. The highest BCUT2D eigenvalue weighted by atomic mass is 35.5. The van der Waals surface area contributed by atoms with Crippen molar-refractivity contribution in [3.8, 4) is 0 Å². The average Bonchev–Trinajstić information content (AvgIpc) is 2.33. The number of benzene rings is 2. The van der Waals surface area contributed by atoms with Crippen LogP contribution in [0.15, 0.2) is 36.4 Å². The third-order valence-corrected chi connectivity index (χ3v) is 3.23. The summed E-state index contributed by atoms with van der Waals surface area (Å²) in [6.07, 6.45) is 0. The SMILES string of the molecule is Cc1cc(C)c(NC(=O)Nc2cccc(Cl)c2)c(C)c1. The first-order chi connectivity index (χ1) is 9.45. The predicted molar refractivity (Wildman–Crippen MR) is 84.7 cm³/mol. The minimum Gasteiger partial charge on any atom is -0.308 e. The van der Waals surface area contributed by atoms with Gasteiger partial charge in [0.25, 0.3) is 0 Å². The summed E-state index contributed by atoms with van der Waals surface area (Å²) in [5.74, 6) is 0. The molecule has 2 aromatic carbocycles. The third kappa shape index (κ3) is 3.52. The second kappa shape index (κ2) is 5.97. The first kappa shape index (κ1) is 14.4. The third-order valence-electron chi connectivity index (χ3n) is 3.00. The van der Waals surface area contributed by atoms with E-state index in [2.05, 4.69) is 10.6 Å². The van der Waals surface area contributed by atoms with Crippen molar-refractivity contribution < 1.29 is 4.79 Å². The maximum atomic E-state index is 12.0. The zero-order valence-corrected chi connectivity index (χ0v) is 12.5. The van der Waals surface area contributed by atoms with Gasteiger partial charge in [0, 0.05) is 16.4 Å². The molecule has 0 spiro atoms. The Morgan fingerprint density at radius 1 is 1.00 bits per heavy atom. The Morgan fingerprint density at radius 3 is 2.25 bits per heavy atom. The van der Waals surface area contributed by atoms with E-state index in [1.165, 1.54) is 5.56 Å². The zero-order chi connectivity index (χ0) is 14.7. The molecule has 0 saturated heterocycles. The Balaban J connectivity index is 2.13. The second-order valence-electron chi connectivity index (χ2n) is 4.86. The van der Waals surface area contributed by atoms with E-state index in [1.54, 1.807) is 24.3 Å². The minimum atomic E-state index is -0.276. The molecule has 2 rings (SSSR count). The van der Waals surface area contributed by atoms with Crippen molar-refractivity contribution in [3.63, 3.8) is 0 Å². The Hall–Kier alpha value is -2.00. The van der Waals surface area contributed by atoms with E-state index in [-0.39, 0.29) is 6.03 Å². The number of urea groups is 1. The number of carbonyl (C=O) groups excluding carboxylic acids is 1. The number of aryl methyl sites for hydroxylation is 3. The van der Waals surface area contributed by atoms with Gasteiger partial charge in [-0.05, 0) is 50.1 Å². The lowest BCUT2D eigenvalue weighted by molar-refractivity contribution is 0.262. The van der Waals surface area contributed by atoms with Crippen molar-refractivity contribution >= 4 is 29.0 Å². The molecule has 0 heterocycles. The minimum absolute atomic E-state index is 0.276. The van der Waals surface area contributed by atoms with Gasteiger partial charge in [-0.15, -0.1) is 0 Å². The number of hydrogen-bond acceptors (Lipinski definition) is 1. The lowest BCUT2D eigenvalue weighted by Crippen LogP contribution is -2.20. The van der Waals surface area contributed by atoms with Gasteiger partial charge < -0.3 is 10.6 Å². The molecule has 2 amide bonds. The molecule has 0 atom stereocenters. The lowest BCUT2D eigenvalue weighted by Gasteiger charge is -2.13. The van der Waals surface area contributed by atoms with Crippen LogP contribution >= 0.6 is 11.6 Å². The quantitative estimate of drug-likeness (QED) is 0.810. The molecule has 0 aromatic heterocycles. The standard InChI is InChI=1S/C16H17ClN2O/c1-10-7-11(2)15(12(3)8-10)19-16(20)18-14-6-4-5-13(17)9-14/h4-9H,1-3H3,(H2,18,19,20). The summed E-state index contributed by atoms with van der Waals surface area (Å²) in [6.45, 7) is 6.00. The smallest absolute Gasteiger partial charge is 0.308 e. The van der Waals surface area contributed by atoms with Crippen LogP contribution in [0.2, 0.25) is 5.02 Å². The number of nitrogens with one attached hydrogen (secondary N) is 2. The van der Waals surface area contributed by atoms with Crippen molar-refractivity contribution in [1.82, 2.24) is 0 Å². The molecule has 0 aliphatic rings. The summed E-state index contributed by atoms with van der Waals surface area (Å²) >= 11 is 5.88. The highest BCUT2D eigenvalue weighted by Gasteiger charge is 2.08. The zero-order valence-electron chi connectivity index (χ0n) is 11.8. The van der Waals surface area contributed by atoms with Crippen LogP contribution in [-0.4, -0.2) is 6.03 Å². The number of amides is 2. The van der Waals surface area contributed by atoms with Crippen LogP contribution < -0.4 is 10.6 Å². The van der Waals surface area contributed by atoms with Crippen molar-refractivity contribution in [2.24, 2.45) is 0 Å². The van der Waals surface area contributed by atoms with Gasteiger partial charge in [0.05, 0.1) is 0 Å². The Morgan fingerprint density at radius 2 is 1.65 bits per heavy atom. The predicted octanol–water partition coefficient (Wildman–Crippen LogP) is 4.91. The summed E-state index contributed by atoms with van der Waals surface area (Å²) in [5.41, 5.74) is 4.78. The first-order valence-corrected chi connectivity index (χ1v) is 6.75. The van der Waals surface area contributed by atoms with Crippen LogP contribution in [0.1, 0.15) is 16.7 Å². The van der Waals surface area contributed by atoms with Gasteiger partial charge in [-0.2, -0.15) is 0 Å². The molecule has 4 heteroatoms. The molecule has 0 radical (unpaired) electrons. The largest absolute Gasteiger partial charge is 0.323 e. The summed E-state index contributed by atoms with van der Waals surface area (Å²) < 4.78 is 0. The molecule has 0 unspecified atom stereocenters. The van der Waals surface area contributed by atoms with Crippen LogP contribution in [0, 0.1) is 20.8 Å². The van der Waals surface area contributed by atoms with Crippen LogP contribution in [0.5, 0.6) is 0 Å². The topological polar surface area (TPSA) is 41.1 Å². The molecule has 3 nitrogen and oxygen atoms in total. The number of carbonyl (C=O) groups is 1. The van der Waals surface area contributed by atoms with Crippen LogP contribution in [0.3, 0.4) is 0 Å². The van der Waals surface area contributed by atoms with E-state index in [0.29, 0.717) is 10.7 Å². The molecule has 2 aromatic rings. The summed E-state index contributed by atoms with van der Waals surface area (Å²) in [7, 11) is 0. The van der Waals surface area contributed by atoms with E-state index >= 15 is 0 Å². The van der Waals surface area contributed by atoms with Gasteiger partial charge >= 0.3 is 6.03 Å². The van der Waals surface area contributed by atoms with Crippen LogP contribution in [0.25, 0.3) is 0 Å². The van der Waals surface area contributed by atoms with Crippen molar-refractivity contribution in [2.45, 2.75) is 20.8 Å². The molecule has 0 aliphatic carbocycles. The molecule has 20 heavy (non-hydrogen) atoms. The molecule has 0 bridgehead atoms. The Kier molecular flexibility index (Phi) is 4.30.